The molecule has 3 aromatic carbocycles. The van der Waals surface area contributed by atoms with Crippen molar-refractivity contribution in [3.8, 4) is 11.3 Å². The Morgan fingerprint density at radius 1 is 0.893 bits per heavy atom. The summed E-state index contributed by atoms with van der Waals surface area (Å²) in [6.07, 6.45) is 0. The standard InChI is InChI=1S/C24H19NO3/c1-16-8-7-11-18(14-16)24(27)28-15-21(26)22-19-12-5-6-13-20(19)25-23(22)17-9-3-2-4-10-17/h2-14,25H,15H2,1H3. The first-order valence-corrected chi connectivity index (χ1v) is 9.06. The van der Waals surface area contributed by atoms with Gasteiger partial charge >= 0.3 is 5.97 Å². The third-order valence-electron chi connectivity index (χ3n) is 4.64. The van der Waals surface area contributed by atoms with Crippen LogP contribution in [0.25, 0.3) is 22.2 Å². The van der Waals surface area contributed by atoms with Gasteiger partial charge in [-0.3, -0.25) is 4.79 Å². The molecule has 0 bridgehead atoms. The summed E-state index contributed by atoms with van der Waals surface area (Å²) < 4.78 is 5.31. The molecule has 0 aliphatic heterocycles. The molecule has 0 fully saturated rings. The Bertz CT molecular complexity index is 1160. The number of para-hydroxylation sites is 1. The summed E-state index contributed by atoms with van der Waals surface area (Å²) >= 11 is 0. The minimum atomic E-state index is -0.502. The minimum absolute atomic E-state index is 0.239. The van der Waals surface area contributed by atoms with Crippen LogP contribution in [-0.2, 0) is 4.74 Å². The molecule has 4 heteroatoms. The number of aromatic amines is 1. The highest BCUT2D eigenvalue weighted by molar-refractivity contribution is 6.14. The van der Waals surface area contributed by atoms with Crippen LogP contribution in [0.15, 0.2) is 78.9 Å². The number of carbonyl (C=O) groups excluding carboxylic acids is 2. The van der Waals surface area contributed by atoms with E-state index in [1.54, 1.807) is 18.2 Å². The second-order valence-corrected chi connectivity index (χ2v) is 6.66. The van der Waals surface area contributed by atoms with Crippen molar-refractivity contribution in [3.05, 3.63) is 95.6 Å². The third kappa shape index (κ3) is 3.45. The van der Waals surface area contributed by atoms with Gasteiger partial charge in [-0.15, -0.1) is 0 Å². The Balaban J connectivity index is 1.64. The Morgan fingerprint density at radius 2 is 1.64 bits per heavy atom. The topological polar surface area (TPSA) is 59.2 Å². The largest absolute Gasteiger partial charge is 0.454 e. The molecule has 0 saturated carbocycles. The van der Waals surface area contributed by atoms with Crippen molar-refractivity contribution in [2.45, 2.75) is 6.92 Å². The molecule has 0 unspecified atom stereocenters. The van der Waals surface area contributed by atoms with Gasteiger partial charge in [0, 0.05) is 10.9 Å². The highest BCUT2D eigenvalue weighted by Gasteiger charge is 2.21. The predicted octanol–water partition coefficient (Wildman–Crippen LogP) is 5.18. The number of hydrogen-bond donors (Lipinski definition) is 1. The molecule has 0 spiro atoms. The molecular formula is C24H19NO3. The number of carbonyl (C=O) groups is 2. The van der Waals surface area contributed by atoms with Gasteiger partial charge in [0.1, 0.15) is 0 Å². The first-order chi connectivity index (χ1) is 13.6. The van der Waals surface area contributed by atoms with Crippen LogP contribution in [0.3, 0.4) is 0 Å². The Kier molecular flexibility index (Phi) is 4.77. The number of benzene rings is 3. The van der Waals surface area contributed by atoms with E-state index in [4.69, 9.17) is 4.74 Å². The molecule has 1 N–H and O–H groups in total. The van der Waals surface area contributed by atoms with Gasteiger partial charge in [0.05, 0.1) is 16.8 Å². The Morgan fingerprint density at radius 3 is 2.43 bits per heavy atom. The lowest BCUT2D eigenvalue weighted by Crippen LogP contribution is -2.15. The summed E-state index contributed by atoms with van der Waals surface area (Å²) in [6, 6.07) is 24.4. The van der Waals surface area contributed by atoms with E-state index in [-0.39, 0.29) is 12.4 Å². The van der Waals surface area contributed by atoms with Crippen molar-refractivity contribution in [2.75, 3.05) is 6.61 Å². The van der Waals surface area contributed by atoms with E-state index < -0.39 is 5.97 Å². The Hall–Kier alpha value is -3.66. The Labute approximate surface area is 162 Å². The molecule has 0 radical (unpaired) electrons. The van der Waals surface area contributed by atoms with Gasteiger partial charge in [-0.25, -0.2) is 4.79 Å². The van der Waals surface area contributed by atoms with Crippen molar-refractivity contribution in [1.82, 2.24) is 4.98 Å². The number of esters is 1. The quantitative estimate of drug-likeness (QED) is 0.389. The molecule has 0 saturated heterocycles. The zero-order valence-corrected chi connectivity index (χ0v) is 15.4. The fraction of sp³-hybridized carbons (Fsp3) is 0.0833. The second kappa shape index (κ2) is 7.53. The van der Waals surface area contributed by atoms with Gasteiger partial charge in [-0.2, -0.15) is 0 Å². The number of ketones is 1. The first-order valence-electron chi connectivity index (χ1n) is 9.06. The molecule has 0 amide bonds. The SMILES string of the molecule is Cc1cccc(C(=O)OCC(=O)c2c(-c3ccccc3)[nH]c3ccccc23)c1. The number of aromatic nitrogens is 1. The lowest BCUT2D eigenvalue weighted by Gasteiger charge is -2.07. The van der Waals surface area contributed by atoms with Crippen LogP contribution in [0.4, 0.5) is 0 Å². The molecule has 4 nitrogen and oxygen atoms in total. The molecule has 1 aromatic heterocycles. The predicted molar refractivity (Wildman–Crippen MR) is 110 cm³/mol. The maximum Gasteiger partial charge on any atom is 0.338 e. The van der Waals surface area contributed by atoms with Crippen LogP contribution in [0, 0.1) is 6.92 Å². The number of rotatable bonds is 5. The zero-order chi connectivity index (χ0) is 19.5. The first kappa shape index (κ1) is 17.7. The van der Waals surface area contributed by atoms with E-state index in [2.05, 4.69) is 4.98 Å². The highest BCUT2D eigenvalue weighted by Crippen LogP contribution is 2.30. The van der Waals surface area contributed by atoms with E-state index in [1.807, 2.05) is 67.6 Å². The number of aryl methyl sites for hydroxylation is 1. The molecule has 0 aliphatic carbocycles. The van der Waals surface area contributed by atoms with Crippen LogP contribution >= 0.6 is 0 Å². The number of nitrogens with one attached hydrogen (secondary N) is 1. The van der Waals surface area contributed by atoms with Crippen molar-refractivity contribution in [3.63, 3.8) is 0 Å². The molecular weight excluding hydrogens is 350 g/mol. The van der Waals surface area contributed by atoms with Crippen LogP contribution in [0.5, 0.6) is 0 Å². The average molecular weight is 369 g/mol. The summed E-state index contributed by atoms with van der Waals surface area (Å²) in [4.78, 5) is 28.7. The van der Waals surface area contributed by atoms with Crippen molar-refractivity contribution < 1.29 is 14.3 Å². The third-order valence-corrected chi connectivity index (χ3v) is 4.64. The van der Waals surface area contributed by atoms with E-state index in [9.17, 15) is 9.59 Å². The van der Waals surface area contributed by atoms with Gasteiger partial charge in [0.25, 0.3) is 0 Å². The molecule has 0 aliphatic rings. The number of fused-ring (bicyclic) bond motifs is 1. The van der Waals surface area contributed by atoms with E-state index >= 15 is 0 Å². The number of H-pyrrole nitrogens is 1. The zero-order valence-electron chi connectivity index (χ0n) is 15.4. The summed E-state index contributed by atoms with van der Waals surface area (Å²) in [5, 5.41) is 0.818. The second-order valence-electron chi connectivity index (χ2n) is 6.66. The highest BCUT2D eigenvalue weighted by atomic mass is 16.5. The smallest absolute Gasteiger partial charge is 0.338 e. The van der Waals surface area contributed by atoms with Gasteiger partial charge in [-0.1, -0.05) is 66.2 Å². The fourth-order valence-corrected chi connectivity index (χ4v) is 3.31. The van der Waals surface area contributed by atoms with Crippen LogP contribution in [0.2, 0.25) is 0 Å². The van der Waals surface area contributed by atoms with Crippen molar-refractivity contribution in [1.29, 1.82) is 0 Å². The van der Waals surface area contributed by atoms with Gasteiger partial charge in [-0.05, 0) is 30.7 Å². The number of Topliss-reactive ketones (excluding diaryl/α,β-unsaturated/α-hetero) is 1. The maximum absolute atomic E-state index is 13.0. The van der Waals surface area contributed by atoms with Gasteiger partial charge in [0.15, 0.2) is 6.61 Å². The summed E-state index contributed by atoms with van der Waals surface area (Å²) in [6.45, 7) is 1.59. The van der Waals surface area contributed by atoms with Gasteiger partial charge < -0.3 is 9.72 Å². The van der Waals surface area contributed by atoms with E-state index in [0.29, 0.717) is 11.1 Å². The lowest BCUT2D eigenvalue weighted by atomic mass is 10.0. The molecule has 28 heavy (non-hydrogen) atoms. The van der Waals surface area contributed by atoms with Crippen molar-refractivity contribution in [2.24, 2.45) is 0 Å². The average Bonchev–Trinajstić information content (AvgIpc) is 3.12. The summed E-state index contributed by atoms with van der Waals surface area (Å²) in [5.41, 5.74) is 4.46. The number of hydrogen-bond acceptors (Lipinski definition) is 3. The monoisotopic (exact) mass is 369 g/mol. The van der Waals surface area contributed by atoms with E-state index in [0.717, 1.165) is 27.7 Å². The molecule has 1 heterocycles. The van der Waals surface area contributed by atoms with Gasteiger partial charge in [0.2, 0.25) is 5.78 Å². The maximum atomic E-state index is 13.0. The molecule has 138 valence electrons. The fourth-order valence-electron chi connectivity index (χ4n) is 3.31. The van der Waals surface area contributed by atoms with Crippen LogP contribution in [0.1, 0.15) is 26.3 Å². The molecule has 0 atom stereocenters. The van der Waals surface area contributed by atoms with E-state index in [1.165, 1.54) is 0 Å². The lowest BCUT2D eigenvalue weighted by molar-refractivity contribution is 0.0475. The minimum Gasteiger partial charge on any atom is -0.454 e. The number of ether oxygens (including phenoxy) is 1. The summed E-state index contributed by atoms with van der Waals surface area (Å²) in [7, 11) is 0. The van der Waals surface area contributed by atoms with Crippen LogP contribution < -0.4 is 0 Å². The van der Waals surface area contributed by atoms with Crippen molar-refractivity contribution >= 4 is 22.7 Å². The molecule has 4 rings (SSSR count). The summed E-state index contributed by atoms with van der Waals surface area (Å²) in [5.74, 6) is -0.740. The van der Waals surface area contributed by atoms with Crippen LogP contribution in [-0.4, -0.2) is 23.3 Å². The molecule has 4 aromatic rings. The normalized spacial score (nSPS) is 10.8.